The van der Waals surface area contributed by atoms with Crippen LogP contribution in [0, 0.1) is 5.92 Å². The summed E-state index contributed by atoms with van der Waals surface area (Å²) in [6.45, 7) is 5.83. The van der Waals surface area contributed by atoms with Crippen molar-refractivity contribution < 1.29 is 0 Å². The van der Waals surface area contributed by atoms with Crippen LogP contribution >= 0.6 is 0 Å². The van der Waals surface area contributed by atoms with Crippen LogP contribution in [-0.4, -0.2) is 51.7 Å². The molecule has 7 heteroatoms. The van der Waals surface area contributed by atoms with Gasteiger partial charge in [-0.25, -0.2) is 4.79 Å². The average molecular weight is 408 g/mol. The van der Waals surface area contributed by atoms with E-state index in [-0.39, 0.29) is 5.56 Å². The summed E-state index contributed by atoms with van der Waals surface area (Å²) in [6, 6.07) is 9.97. The Morgan fingerprint density at radius 3 is 2.63 bits per heavy atom. The van der Waals surface area contributed by atoms with E-state index in [1.165, 1.54) is 36.6 Å². The van der Waals surface area contributed by atoms with Crippen molar-refractivity contribution in [1.82, 2.24) is 24.3 Å². The molecule has 5 rings (SSSR count). The molecule has 0 bridgehead atoms. The highest BCUT2D eigenvalue weighted by Gasteiger charge is 2.24. The van der Waals surface area contributed by atoms with Gasteiger partial charge in [0.25, 0.3) is 5.56 Å². The molecule has 2 aliphatic rings. The van der Waals surface area contributed by atoms with Gasteiger partial charge in [-0.15, -0.1) is 0 Å². The zero-order valence-corrected chi connectivity index (χ0v) is 17.2. The van der Waals surface area contributed by atoms with Crippen LogP contribution < -0.4 is 16.6 Å². The van der Waals surface area contributed by atoms with E-state index in [2.05, 4.69) is 38.1 Å². The van der Waals surface area contributed by atoms with Crippen molar-refractivity contribution in [3.05, 3.63) is 63.6 Å². The lowest BCUT2D eigenvalue weighted by Gasteiger charge is -2.36. The summed E-state index contributed by atoms with van der Waals surface area (Å²) in [5.74, 6) is 0.792. The first kappa shape index (κ1) is 19.3. The first-order chi connectivity index (χ1) is 14.7. The first-order valence-electron chi connectivity index (χ1n) is 11.0. The van der Waals surface area contributed by atoms with Gasteiger partial charge in [0.2, 0.25) is 0 Å². The Balaban J connectivity index is 1.35. The summed E-state index contributed by atoms with van der Waals surface area (Å²) in [4.78, 5) is 28.7. The standard InChI is InChI=1S/C23H29N5O2/c29-22-9-14-28(23(30)25-22)21-5-1-4-20-19(21)8-13-27(20)18-6-11-26(12-7-18)16-17-3-2-10-24-15-17/h1,4-5,8-9,13-14,17-18,24H,2-3,6-7,10-12,15-16H2,(H,25,29,30). The van der Waals surface area contributed by atoms with E-state index in [4.69, 9.17) is 0 Å². The number of benzene rings is 1. The number of hydrogen-bond acceptors (Lipinski definition) is 4. The lowest BCUT2D eigenvalue weighted by molar-refractivity contribution is 0.153. The smallest absolute Gasteiger partial charge is 0.332 e. The molecule has 30 heavy (non-hydrogen) atoms. The Morgan fingerprint density at radius 1 is 1.00 bits per heavy atom. The maximum atomic E-state index is 12.3. The van der Waals surface area contributed by atoms with Crippen molar-refractivity contribution in [2.24, 2.45) is 5.92 Å². The Morgan fingerprint density at radius 2 is 1.87 bits per heavy atom. The molecule has 2 fully saturated rings. The molecule has 4 heterocycles. The highest BCUT2D eigenvalue weighted by atomic mass is 16.2. The minimum Gasteiger partial charge on any atom is -0.344 e. The van der Waals surface area contributed by atoms with Crippen LogP contribution in [0.4, 0.5) is 0 Å². The fraction of sp³-hybridized carbons (Fsp3) is 0.478. The summed E-state index contributed by atoms with van der Waals surface area (Å²) in [5.41, 5.74) is 1.15. The van der Waals surface area contributed by atoms with Gasteiger partial charge in [-0.2, -0.15) is 0 Å². The van der Waals surface area contributed by atoms with Crippen LogP contribution in [0.15, 0.2) is 52.3 Å². The third-order valence-corrected chi connectivity index (χ3v) is 6.69. The lowest BCUT2D eigenvalue weighted by Crippen LogP contribution is -2.42. The van der Waals surface area contributed by atoms with Crippen LogP contribution in [-0.2, 0) is 0 Å². The third kappa shape index (κ3) is 3.75. The molecule has 3 aromatic rings. The van der Waals surface area contributed by atoms with Gasteiger partial charge in [0.05, 0.1) is 11.2 Å². The number of aromatic nitrogens is 3. The van der Waals surface area contributed by atoms with Crippen molar-refractivity contribution in [3.63, 3.8) is 0 Å². The van der Waals surface area contributed by atoms with E-state index >= 15 is 0 Å². The van der Waals surface area contributed by atoms with Gasteiger partial charge >= 0.3 is 5.69 Å². The normalized spacial score (nSPS) is 21.3. The lowest BCUT2D eigenvalue weighted by atomic mass is 9.97. The maximum Gasteiger partial charge on any atom is 0.332 e. The SMILES string of the molecule is O=c1ccn(-c2cccc3c2ccn3C2CCN(CC3CCCNC3)CC2)c(=O)[nH]1. The van der Waals surface area contributed by atoms with Crippen molar-refractivity contribution >= 4 is 10.9 Å². The molecule has 2 aromatic heterocycles. The van der Waals surface area contributed by atoms with E-state index in [1.807, 2.05) is 12.1 Å². The molecule has 0 amide bonds. The first-order valence-corrected chi connectivity index (χ1v) is 11.0. The monoisotopic (exact) mass is 407 g/mol. The van der Waals surface area contributed by atoms with E-state index in [0.29, 0.717) is 6.04 Å². The van der Waals surface area contributed by atoms with E-state index in [0.717, 1.165) is 55.0 Å². The van der Waals surface area contributed by atoms with Gasteiger partial charge in [-0.05, 0) is 62.9 Å². The maximum absolute atomic E-state index is 12.3. The topological polar surface area (TPSA) is 75.1 Å². The van der Waals surface area contributed by atoms with Gasteiger partial charge in [0, 0.05) is 49.5 Å². The molecule has 0 saturated carbocycles. The van der Waals surface area contributed by atoms with Crippen LogP contribution in [0.1, 0.15) is 31.7 Å². The predicted octanol–water partition coefficient (Wildman–Crippen LogP) is 2.12. The average Bonchev–Trinajstić information content (AvgIpc) is 3.20. The number of likely N-dealkylation sites (tertiary alicyclic amines) is 1. The third-order valence-electron chi connectivity index (χ3n) is 6.69. The minimum atomic E-state index is -0.409. The van der Waals surface area contributed by atoms with Crippen molar-refractivity contribution in [1.29, 1.82) is 0 Å². The molecule has 0 aliphatic carbocycles. The summed E-state index contributed by atoms with van der Waals surface area (Å²) in [5, 5.41) is 4.56. The molecule has 2 N–H and O–H groups in total. The summed E-state index contributed by atoms with van der Waals surface area (Å²) in [6.07, 6.45) is 8.64. The fourth-order valence-corrected chi connectivity index (χ4v) is 5.13. The molecule has 2 aliphatic heterocycles. The number of nitrogens with one attached hydrogen (secondary N) is 2. The molecule has 2 saturated heterocycles. The van der Waals surface area contributed by atoms with Crippen LogP contribution in [0.5, 0.6) is 0 Å². The van der Waals surface area contributed by atoms with E-state index in [1.54, 1.807) is 6.20 Å². The van der Waals surface area contributed by atoms with Gasteiger partial charge < -0.3 is 14.8 Å². The Hall–Kier alpha value is -2.64. The Kier molecular flexibility index (Phi) is 5.31. The number of aromatic amines is 1. The highest BCUT2D eigenvalue weighted by Crippen LogP contribution is 2.30. The Bertz CT molecular complexity index is 1130. The van der Waals surface area contributed by atoms with Crippen LogP contribution in [0.3, 0.4) is 0 Å². The summed E-state index contributed by atoms with van der Waals surface area (Å²) in [7, 11) is 0. The highest BCUT2D eigenvalue weighted by molar-refractivity contribution is 5.88. The zero-order valence-electron chi connectivity index (χ0n) is 17.2. The van der Waals surface area contributed by atoms with Gasteiger partial charge in [0.1, 0.15) is 0 Å². The fourth-order valence-electron chi connectivity index (χ4n) is 5.13. The van der Waals surface area contributed by atoms with Crippen molar-refractivity contribution in [2.45, 2.75) is 31.7 Å². The number of hydrogen-bond donors (Lipinski definition) is 2. The second-order valence-electron chi connectivity index (χ2n) is 8.66. The quantitative estimate of drug-likeness (QED) is 0.695. The van der Waals surface area contributed by atoms with Gasteiger partial charge in [-0.3, -0.25) is 14.3 Å². The van der Waals surface area contributed by atoms with Gasteiger partial charge in [0.15, 0.2) is 0 Å². The molecule has 1 atom stereocenters. The van der Waals surface area contributed by atoms with Gasteiger partial charge in [-0.1, -0.05) is 6.07 Å². The van der Waals surface area contributed by atoms with Crippen molar-refractivity contribution in [3.8, 4) is 5.69 Å². The molecule has 0 spiro atoms. The molecule has 158 valence electrons. The van der Waals surface area contributed by atoms with Crippen LogP contribution in [0.25, 0.3) is 16.6 Å². The van der Waals surface area contributed by atoms with Crippen LogP contribution in [0.2, 0.25) is 0 Å². The predicted molar refractivity (Wildman–Crippen MR) is 118 cm³/mol. The molecule has 1 aromatic carbocycles. The minimum absolute atomic E-state index is 0.378. The number of fused-ring (bicyclic) bond motifs is 1. The molecular weight excluding hydrogens is 378 g/mol. The Labute approximate surface area is 175 Å². The second-order valence-corrected chi connectivity index (χ2v) is 8.66. The number of piperidine rings is 2. The number of H-pyrrole nitrogens is 1. The summed E-state index contributed by atoms with van der Waals surface area (Å²) >= 11 is 0. The zero-order chi connectivity index (χ0) is 20.5. The molecular formula is C23H29N5O2. The number of nitrogens with zero attached hydrogens (tertiary/aromatic N) is 3. The van der Waals surface area contributed by atoms with E-state index in [9.17, 15) is 9.59 Å². The largest absolute Gasteiger partial charge is 0.344 e. The summed E-state index contributed by atoms with van der Waals surface area (Å²) < 4.78 is 3.88. The van der Waals surface area contributed by atoms with E-state index < -0.39 is 5.69 Å². The molecule has 0 radical (unpaired) electrons. The number of rotatable bonds is 4. The second kappa shape index (κ2) is 8.24. The van der Waals surface area contributed by atoms with Crippen molar-refractivity contribution in [2.75, 3.05) is 32.7 Å². The molecule has 7 nitrogen and oxygen atoms in total. The molecule has 1 unspecified atom stereocenters.